The highest BCUT2D eigenvalue weighted by Gasteiger charge is 2.11. The number of rotatable bonds is 7. The third-order valence-corrected chi connectivity index (χ3v) is 3.95. The van der Waals surface area contributed by atoms with Gasteiger partial charge in [-0.05, 0) is 19.2 Å². The Labute approximate surface area is 127 Å². The van der Waals surface area contributed by atoms with Gasteiger partial charge in [0.2, 0.25) is 0 Å². The topological polar surface area (TPSA) is 62.7 Å². The maximum Gasteiger partial charge on any atom is 0.304 e. The van der Waals surface area contributed by atoms with Gasteiger partial charge in [-0.3, -0.25) is 9.69 Å². The molecule has 2 aromatic rings. The Bertz CT molecular complexity index is 612. The highest BCUT2D eigenvalue weighted by atomic mass is 32.1. The van der Waals surface area contributed by atoms with E-state index in [-0.39, 0.29) is 6.42 Å². The second-order valence-corrected chi connectivity index (χ2v) is 5.58. The second kappa shape index (κ2) is 7.19. The van der Waals surface area contributed by atoms with Crippen LogP contribution in [0.15, 0.2) is 29.6 Å². The molecule has 0 spiro atoms. The number of carboxylic acids is 1. The molecule has 0 bridgehead atoms. The normalized spacial score (nSPS) is 10.8. The number of aromatic nitrogens is 1. The highest BCUT2D eigenvalue weighted by Crippen LogP contribution is 2.31. The van der Waals surface area contributed by atoms with E-state index in [0.717, 1.165) is 22.0 Å². The summed E-state index contributed by atoms with van der Waals surface area (Å²) >= 11 is 1.56. The van der Waals surface area contributed by atoms with Gasteiger partial charge in [0.15, 0.2) is 0 Å². The number of hydrogen-bond acceptors (Lipinski definition) is 5. The molecule has 0 radical (unpaired) electrons. The minimum Gasteiger partial charge on any atom is -0.496 e. The number of methoxy groups -OCH3 is 1. The molecule has 2 rings (SSSR count). The van der Waals surface area contributed by atoms with Crippen molar-refractivity contribution in [2.45, 2.75) is 13.0 Å². The molecule has 1 aromatic carbocycles. The molecule has 0 saturated carbocycles. The maximum atomic E-state index is 10.6. The molecule has 0 aliphatic carbocycles. The molecule has 112 valence electrons. The van der Waals surface area contributed by atoms with Gasteiger partial charge in [-0.1, -0.05) is 12.1 Å². The van der Waals surface area contributed by atoms with Crippen molar-refractivity contribution in [1.29, 1.82) is 0 Å². The summed E-state index contributed by atoms with van der Waals surface area (Å²) in [6.45, 7) is 1.15. The van der Waals surface area contributed by atoms with E-state index < -0.39 is 5.97 Å². The Hall–Kier alpha value is -1.92. The predicted molar refractivity (Wildman–Crippen MR) is 82.7 cm³/mol. The average molecular weight is 306 g/mol. The van der Waals surface area contributed by atoms with Crippen LogP contribution in [0.2, 0.25) is 0 Å². The van der Waals surface area contributed by atoms with Crippen molar-refractivity contribution >= 4 is 17.3 Å². The molecule has 0 fully saturated rings. The molecule has 0 saturated heterocycles. The lowest BCUT2D eigenvalue weighted by Gasteiger charge is -2.13. The van der Waals surface area contributed by atoms with Gasteiger partial charge in [0, 0.05) is 18.5 Å². The van der Waals surface area contributed by atoms with Gasteiger partial charge in [0.05, 0.1) is 24.8 Å². The first-order valence-corrected chi connectivity index (χ1v) is 7.46. The summed E-state index contributed by atoms with van der Waals surface area (Å²) < 4.78 is 5.35. The molecule has 1 aromatic heterocycles. The number of nitrogens with zero attached hydrogens (tertiary/aromatic N) is 2. The van der Waals surface area contributed by atoms with Crippen LogP contribution in [0.1, 0.15) is 12.1 Å². The number of carbonyl (C=O) groups is 1. The molecule has 6 heteroatoms. The Morgan fingerprint density at radius 2 is 2.19 bits per heavy atom. The van der Waals surface area contributed by atoms with E-state index in [0.29, 0.717) is 13.1 Å². The molecule has 21 heavy (non-hydrogen) atoms. The van der Waals surface area contributed by atoms with E-state index in [1.807, 2.05) is 41.6 Å². The summed E-state index contributed by atoms with van der Waals surface area (Å²) in [5, 5.41) is 11.6. The average Bonchev–Trinajstić information content (AvgIpc) is 2.93. The van der Waals surface area contributed by atoms with Crippen LogP contribution >= 0.6 is 11.3 Å². The molecule has 1 heterocycles. The largest absolute Gasteiger partial charge is 0.496 e. The number of aliphatic carboxylic acids is 1. The minimum atomic E-state index is -0.783. The van der Waals surface area contributed by atoms with Gasteiger partial charge >= 0.3 is 5.97 Å². The SMILES string of the molecule is COc1ccccc1-c1nc(CN(C)CCC(=O)O)cs1. The fourth-order valence-electron chi connectivity index (χ4n) is 1.97. The van der Waals surface area contributed by atoms with Gasteiger partial charge in [0.25, 0.3) is 0 Å². The van der Waals surface area contributed by atoms with Gasteiger partial charge in [-0.15, -0.1) is 11.3 Å². The molecular weight excluding hydrogens is 288 g/mol. The standard InChI is InChI=1S/C15H18N2O3S/c1-17(8-7-14(18)19)9-11-10-21-15(16-11)12-5-3-4-6-13(12)20-2/h3-6,10H,7-9H2,1-2H3,(H,18,19). The number of benzene rings is 1. The number of para-hydroxylation sites is 1. The minimum absolute atomic E-state index is 0.139. The van der Waals surface area contributed by atoms with Crippen molar-refractivity contribution in [2.24, 2.45) is 0 Å². The number of hydrogen-bond donors (Lipinski definition) is 1. The predicted octanol–water partition coefficient (Wildman–Crippen LogP) is 2.73. The van der Waals surface area contributed by atoms with E-state index in [9.17, 15) is 4.79 Å². The smallest absolute Gasteiger partial charge is 0.304 e. The number of thiazole rings is 1. The monoisotopic (exact) mass is 306 g/mol. The Kier molecular flexibility index (Phi) is 5.30. The third kappa shape index (κ3) is 4.27. The van der Waals surface area contributed by atoms with Crippen LogP contribution in [-0.2, 0) is 11.3 Å². The molecule has 1 N–H and O–H groups in total. The molecule has 0 unspecified atom stereocenters. The van der Waals surface area contributed by atoms with Crippen molar-refractivity contribution in [3.8, 4) is 16.3 Å². The summed E-state index contributed by atoms with van der Waals surface area (Å²) in [5.41, 5.74) is 1.92. The lowest BCUT2D eigenvalue weighted by Crippen LogP contribution is -2.21. The van der Waals surface area contributed by atoms with Crippen molar-refractivity contribution in [3.05, 3.63) is 35.3 Å². The first kappa shape index (κ1) is 15.5. The van der Waals surface area contributed by atoms with Gasteiger partial charge < -0.3 is 9.84 Å². The van der Waals surface area contributed by atoms with Gasteiger partial charge in [-0.25, -0.2) is 4.98 Å². The molecule has 0 atom stereocenters. The van der Waals surface area contributed by atoms with Crippen LogP contribution < -0.4 is 4.74 Å². The van der Waals surface area contributed by atoms with Gasteiger partial charge in [-0.2, -0.15) is 0 Å². The van der Waals surface area contributed by atoms with Crippen LogP contribution in [0.5, 0.6) is 5.75 Å². The second-order valence-electron chi connectivity index (χ2n) is 4.73. The molecular formula is C15H18N2O3S. The molecule has 0 aliphatic heterocycles. The van der Waals surface area contributed by atoms with Crippen molar-refractivity contribution in [1.82, 2.24) is 9.88 Å². The van der Waals surface area contributed by atoms with E-state index in [1.165, 1.54) is 0 Å². The highest BCUT2D eigenvalue weighted by molar-refractivity contribution is 7.13. The molecule has 0 amide bonds. The number of ether oxygens (including phenoxy) is 1. The fraction of sp³-hybridized carbons (Fsp3) is 0.333. The van der Waals surface area contributed by atoms with Crippen molar-refractivity contribution < 1.29 is 14.6 Å². The summed E-state index contributed by atoms with van der Waals surface area (Å²) in [6.07, 6.45) is 0.139. The van der Waals surface area contributed by atoms with Crippen LogP contribution in [0, 0.1) is 0 Å². The maximum absolute atomic E-state index is 10.6. The number of carboxylic acid groups (broad SMARTS) is 1. The Morgan fingerprint density at radius 1 is 1.43 bits per heavy atom. The van der Waals surface area contributed by atoms with Crippen LogP contribution in [-0.4, -0.2) is 41.7 Å². The zero-order chi connectivity index (χ0) is 15.2. The van der Waals surface area contributed by atoms with Crippen molar-refractivity contribution in [3.63, 3.8) is 0 Å². The Balaban J connectivity index is 2.06. The van der Waals surface area contributed by atoms with E-state index >= 15 is 0 Å². The van der Waals surface area contributed by atoms with E-state index in [4.69, 9.17) is 9.84 Å². The quantitative estimate of drug-likeness (QED) is 0.852. The summed E-state index contributed by atoms with van der Waals surface area (Å²) in [7, 11) is 3.54. The van der Waals surface area contributed by atoms with Crippen LogP contribution in [0.4, 0.5) is 0 Å². The van der Waals surface area contributed by atoms with Crippen LogP contribution in [0.3, 0.4) is 0 Å². The molecule has 5 nitrogen and oxygen atoms in total. The first-order valence-electron chi connectivity index (χ1n) is 6.58. The zero-order valence-electron chi connectivity index (χ0n) is 12.1. The summed E-state index contributed by atoms with van der Waals surface area (Å²) in [5.74, 6) is 0.0208. The van der Waals surface area contributed by atoms with Gasteiger partial charge in [0.1, 0.15) is 10.8 Å². The summed E-state index contributed by atoms with van der Waals surface area (Å²) in [6, 6.07) is 7.78. The van der Waals surface area contributed by atoms with E-state index in [1.54, 1.807) is 18.4 Å². The zero-order valence-corrected chi connectivity index (χ0v) is 12.9. The van der Waals surface area contributed by atoms with Crippen molar-refractivity contribution in [2.75, 3.05) is 20.7 Å². The Morgan fingerprint density at radius 3 is 2.90 bits per heavy atom. The first-order chi connectivity index (χ1) is 10.1. The van der Waals surface area contributed by atoms with Crippen LogP contribution in [0.25, 0.3) is 10.6 Å². The summed E-state index contributed by atoms with van der Waals surface area (Å²) in [4.78, 5) is 17.1. The fourth-order valence-corrected chi connectivity index (χ4v) is 2.81. The molecule has 0 aliphatic rings. The lowest BCUT2D eigenvalue weighted by atomic mass is 10.2. The van der Waals surface area contributed by atoms with E-state index in [2.05, 4.69) is 4.98 Å². The third-order valence-electron chi connectivity index (χ3n) is 3.03. The lowest BCUT2D eigenvalue weighted by molar-refractivity contribution is -0.137.